The molecule has 2 aromatic rings. The number of thiophene rings is 1. The van der Waals surface area contributed by atoms with E-state index in [4.69, 9.17) is 4.42 Å². The van der Waals surface area contributed by atoms with Gasteiger partial charge in [-0.05, 0) is 35.9 Å². The Morgan fingerprint density at radius 1 is 1.47 bits per heavy atom. The molecule has 0 aliphatic carbocycles. The van der Waals surface area contributed by atoms with Crippen molar-refractivity contribution in [1.29, 1.82) is 0 Å². The number of furan rings is 1. The molecule has 5 heteroatoms. The number of hydrogen-bond donors (Lipinski definition) is 0. The van der Waals surface area contributed by atoms with E-state index in [-0.39, 0.29) is 11.9 Å². The van der Waals surface area contributed by atoms with Crippen molar-refractivity contribution in [2.24, 2.45) is 5.10 Å². The maximum atomic E-state index is 11.7. The van der Waals surface area contributed by atoms with Crippen molar-refractivity contribution in [3.8, 4) is 0 Å². The lowest BCUT2D eigenvalue weighted by atomic mass is 10.1. The Morgan fingerprint density at radius 3 is 2.89 bits per heavy atom. The predicted molar refractivity (Wildman–Crippen MR) is 74.2 cm³/mol. The molecule has 0 N–H and O–H groups in total. The molecule has 1 amide bonds. The van der Waals surface area contributed by atoms with Gasteiger partial charge in [-0.1, -0.05) is 0 Å². The predicted octanol–water partition coefficient (Wildman–Crippen LogP) is 3.35. The van der Waals surface area contributed by atoms with Crippen LogP contribution in [0.2, 0.25) is 0 Å². The highest BCUT2D eigenvalue weighted by Crippen LogP contribution is 2.33. The van der Waals surface area contributed by atoms with Gasteiger partial charge in [0.1, 0.15) is 17.6 Å². The fraction of sp³-hybridized carbons (Fsp3) is 0.286. The Bertz CT molecular complexity index is 628. The summed E-state index contributed by atoms with van der Waals surface area (Å²) < 4.78 is 5.65. The lowest BCUT2D eigenvalue weighted by Crippen LogP contribution is -2.23. The lowest BCUT2D eigenvalue weighted by Gasteiger charge is -2.17. The molecule has 3 heterocycles. The molecule has 0 unspecified atom stereocenters. The average Bonchev–Trinajstić information content (AvgIpc) is 3.07. The van der Waals surface area contributed by atoms with Crippen molar-refractivity contribution in [2.75, 3.05) is 0 Å². The Kier molecular flexibility index (Phi) is 2.98. The number of hydrazone groups is 1. The Hall–Kier alpha value is -1.88. The van der Waals surface area contributed by atoms with E-state index >= 15 is 0 Å². The molecule has 0 saturated carbocycles. The summed E-state index contributed by atoms with van der Waals surface area (Å²) in [5.41, 5.74) is 2.03. The summed E-state index contributed by atoms with van der Waals surface area (Å²) in [6.45, 7) is 3.43. The molecule has 0 radical (unpaired) electrons. The molecule has 98 valence electrons. The zero-order chi connectivity index (χ0) is 13.4. The van der Waals surface area contributed by atoms with Gasteiger partial charge >= 0.3 is 0 Å². The maximum absolute atomic E-state index is 11.7. The zero-order valence-electron chi connectivity index (χ0n) is 10.8. The molecular weight excluding hydrogens is 260 g/mol. The molecule has 3 rings (SSSR count). The number of rotatable bonds is 2. The summed E-state index contributed by atoms with van der Waals surface area (Å²) in [6.07, 6.45) is 0.698. The van der Waals surface area contributed by atoms with Gasteiger partial charge in [0.2, 0.25) is 5.91 Å². The largest absolute Gasteiger partial charge is 0.464 e. The van der Waals surface area contributed by atoms with E-state index in [1.807, 2.05) is 35.9 Å². The highest BCUT2D eigenvalue weighted by Gasteiger charge is 2.33. The van der Waals surface area contributed by atoms with Crippen LogP contribution in [0.15, 0.2) is 38.5 Å². The molecule has 2 aromatic heterocycles. The summed E-state index contributed by atoms with van der Waals surface area (Å²) in [4.78, 5) is 11.7. The average molecular weight is 274 g/mol. The van der Waals surface area contributed by atoms with Gasteiger partial charge in [-0.2, -0.15) is 16.4 Å². The standard InChI is InChI=1S/C14H14N2O2S/c1-9-3-4-14(18-9)13-7-12(11-5-6-19-8-11)15-16(13)10(2)17/h3-6,8,13H,7H2,1-2H3/t13-/m0/s1. The van der Waals surface area contributed by atoms with Crippen LogP contribution in [-0.4, -0.2) is 16.6 Å². The molecule has 1 aliphatic rings. The second-order valence-electron chi connectivity index (χ2n) is 4.59. The van der Waals surface area contributed by atoms with Gasteiger partial charge in [0, 0.05) is 18.9 Å². The van der Waals surface area contributed by atoms with E-state index in [2.05, 4.69) is 5.10 Å². The minimum Gasteiger partial charge on any atom is -0.464 e. The molecule has 1 atom stereocenters. The molecule has 0 saturated heterocycles. The molecule has 4 nitrogen and oxygen atoms in total. The zero-order valence-corrected chi connectivity index (χ0v) is 11.6. The number of nitrogens with zero attached hydrogens (tertiary/aromatic N) is 2. The monoisotopic (exact) mass is 274 g/mol. The molecule has 0 bridgehead atoms. The van der Waals surface area contributed by atoms with Crippen LogP contribution in [0.3, 0.4) is 0 Å². The van der Waals surface area contributed by atoms with Gasteiger partial charge in [-0.25, -0.2) is 5.01 Å². The van der Waals surface area contributed by atoms with Crippen LogP contribution >= 0.6 is 11.3 Å². The van der Waals surface area contributed by atoms with Gasteiger partial charge in [-0.3, -0.25) is 4.79 Å². The van der Waals surface area contributed by atoms with Crippen LogP contribution in [-0.2, 0) is 4.79 Å². The second-order valence-corrected chi connectivity index (χ2v) is 5.37. The first-order valence-electron chi connectivity index (χ1n) is 6.11. The minimum absolute atomic E-state index is 0.0655. The van der Waals surface area contributed by atoms with Crippen LogP contribution in [0.4, 0.5) is 0 Å². The van der Waals surface area contributed by atoms with Crippen molar-refractivity contribution in [3.63, 3.8) is 0 Å². The quantitative estimate of drug-likeness (QED) is 0.843. The topological polar surface area (TPSA) is 45.8 Å². The number of amides is 1. The van der Waals surface area contributed by atoms with E-state index in [0.717, 1.165) is 22.8 Å². The van der Waals surface area contributed by atoms with Gasteiger partial charge in [0.25, 0.3) is 0 Å². The molecule has 0 spiro atoms. The van der Waals surface area contributed by atoms with Crippen molar-refractivity contribution >= 4 is 23.0 Å². The number of aryl methyl sites for hydroxylation is 1. The van der Waals surface area contributed by atoms with Crippen LogP contribution in [0.1, 0.15) is 36.5 Å². The van der Waals surface area contributed by atoms with E-state index < -0.39 is 0 Å². The van der Waals surface area contributed by atoms with Crippen LogP contribution in [0.25, 0.3) is 0 Å². The Labute approximate surface area is 115 Å². The molecule has 0 aromatic carbocycles. The first kappa shape index (κ1) is 12.2. The normalized spacial score (nSPS) is 18.7. The van der Waals surface area contributed by atoms with Crippen LogP contribution in [0, 0.1) is 6.92 Å². The smallest absolute Gasteiger partial charge is 0.240 e. The number of hydrogen-bond acceptors (Lipinski definition) is 4. The minimum atomic E-state index is -0.124. The third-order valence-corrected chi connectivity index (χ3v) is 3.86. The third-order valence-electron chi connectivity index (χ3n) is 3.18. The summed E-state index contributed by atoms with van der Waals surface area (Å²) >= 11 is 1.63. The van der Waals surface area contributed by atoms with Crippen LogP contribution < -0.4 is 0 Å². The van der Waals surface area contributed by atoms with Crippen molar-refractivity contribution in [1.82, 2.24) is 5.01 Å². The molecule has 0 fully saturated rings. The van der Waals surface area contributed by atoms with Crippen molar-refractivity contribution < 1.29 is 9.21 Å². The van der Waals surface area contributed by atoms with E-state index in [1.54, 1.807) is 11.3 Å². The Balaban J connectivity index is 1.93. The first-order valence-corrected chi connectivity index (χ1v) is 7.05. The SMILES string of the molecule is CC(=O)N1N=C(c2ccsc2)C[C@H]1c1ccc(C)o1. The first-order chi connectivity index (χ1) is 9.15. The maximum Gasteiger partial charge on any atom is 0.240 e. The van der Waals surface area contributed by atoms with Crippen LogP contribution in [0.5, 0.6) is 0 Å². The van der Waals surface area contributed by atoms with Gasteiger partial charge in [-0.15, -0.1) is 0 Å². The highest BCUT2D eigenvalue weighted by atomic mass is 32.1. The molecular formula is C14H14N2O2S. The van der Waals surface area contributed by atoms with Gasteiger partial charge in [0.05, 0.1) is 5.71 Å². The van der Waals surface area contributed by atoms with Crippen molar-refractivity contribution in [3.05, 3.63) is 46.0 Å². The summed E-state index contributed by atoms with van der Waals surface area (Å²) in [5, 5.41) is 10.0. The van der Waals surface area contributed by atoms with Gasteiger partial charge < -0.3 is 4.42 Å². The fourth-order valence-corrected chi connectivity index (χ4v) is 2.92. The lowest BCUT2D eigenvalue weighted by molar-refractivity contribution is -0.130. The summed E-state index contributed by atoms with van der Waals surface area (Å²) in [6, 6.07) is 5.73. The van der Waals surface area contributed by atoms with E-state index in [1.165, 1.54) is 11.9 Å². The van der Waals surface area contributed by atoms with E-state index in [9.17, 15) is 4.79 Å². The summed E-state index contributed by atoms with van der Waals surface area (Å²) in [7, 11) is 0. The molecule has 1 aliphatic heterocycles. The second kappa shape index (κ2) is 4.66. The van der Waals surface area contributed by atoms with Gasteiger partial charge in [0.15, 0.2) is 0 Å². The number of carbonyl (C=O) groups excluding carboxylic acids is 1. The number of carbonyl (C=O) groups is 1. The molecule has 19 heavy (non-hydrogen) atoms. The highest BCUT2D eigenvalue weighted by molar-refractivity contribution is 7.08. The Morgan fingerprint density at radius 2 is 2.32 bits per heavy atom. The van der Waals surface area contributed by atoms with E-state index in [0.29, 0.717) is 6.42 Å². The van der Waals surface area contributed by atoms with Crippen molar-refractivity contribution in [2.45, 2.75) is 26.3 Å². The fourth-order valence-electron chi connectivity index (χ4n) is 2.26. The third kappa shape index (κ3) is 2.21. The summed E-state index contributed by atoms with van der Waals surface area (Å²) in [5.74, 6) is 1.58.